The van der Waals surface area contributed by atoms with Gasteiger partial charge in [-0.15, -0.1) is 0 Å². The average molecular weight is 339 g/mol. The van der Waals surface area contributed by atoms with Crippen LogP contribution in [0.5, 0.6) is 0 Å². The van der Waals surface area contributed by atoms with Crippen LogP contribution in [-0.2, 0) is 18.0 Å². The summed E-state index contributed by atoms with van der Waals surface area (Å²) in [6, 6.07) is 17.8. The Bertz CT molecular complexity index is 665. The molecule has 1 aliphatic heterocycles. The second-order valence-corrected chi connectivity index (χ2v) is 6.52. The Kier molecular flexibility index (Phi) is 6.17. The van der Waals surface area contributed by atoms with E-state index in [4.69, 9.17) is 10.6 Å². The maximum atomic E-state index is 12.1. The van der Waals surface area contributed by atoms with Crippen LogP contribution in [0.2, 0.25) is 0 Å². The summed E-state index contributed by atoms with van der Waals surface area (Å²) in [5.41, 5.74) is 11.2. The molecule has 2 aromatic carbocycles. The number of hydrogen-bond donors (Lipinski definition) is 2. The van der Waals surface area contributed by atoms with Crippen LogP contribution >= 0.6 is 0 Å². The molecule has 0 atom stereocenters. The molecule has 0 unspecified atom stereocenters. The molecule has 3 N–H and O–H groups in total. The molecule has 25 heavy (non-hydrogen) atoms. The second-order valence-electron chi connectivity index (χ2n) is 6.52. The molecule has 0 saturated carbocycles. The molecule has 1 fully saturated rings. The van der Waals surface area contributed by atoms with Gasteiger partial charge in [0.2, 0.25) is 0 Å². The van der Waals surface area contributed by atoms with Gasteiger partial charge in [0.15, 0.2) is 0 Å². The van der Waals surface area contributed by atoms with Crippen molar-refractivity contribution in [2.24, 2.45) is 5.73 Å². The molecule has 0 aliphatic carbocycles. The summed E-state index contributed by atoms with van der Waals surface area (Å²) in [6.07, 6.45) is 2.11. The minimum absolute atomic E-state index is 0.230. The van der Waals surface area contributed by atoms with Crippen molar-refractivity contribution in [3.63, 3.8) is 0 Å². The van der Waals surface area contributed by atoms with Gasteiger partial charge >= 0.3 is 0 Å². The van der Waals surface area contributed by atoms with Gasteiger partial charge < -0.3 is 5.73 Å². The van der Waals surface area contributed by atoms with Gasteiger partial charge in [-0.1, -0.05) is 42.5 Å². The molecule has 2 aromatic rings. The molecule has 0 bridgehead atoms. The zero-order valence-electron chi connectivity index (χ0n) is 14.4. The highest BCUT2D eigenvalue weighted by atomic mass is 16.6. The number of nitrogens with two attached hydrogens (primary N) is 1. The van der Waals surface area contributed by atoms with Crippen LogP contribution in [0.3, 0.4) is 0 Å². The van der Waals surface area contributed by atoms with Gasteiger partial charge in [-0.05, 0) is 49.2 Å². The standard InChI is InChI=1S/C20H25N3O2/c21-19-10-12-23(13-11-19)14-16-6-8-18(9-7-16)20(24)22-25-15-17-4-2-1-3-5-17/h1-9,19H,10-15,21H2,(H,22,24). The third-order valence-corrected chi connectivity index (χ3v) is 4.50. The fraction of sp³-hybridized carbons (Fsp3) is 0.350. The van der Waals surface area contributed by atoms with E-state index in [1.54, 1.807) is 0 Å². The van der Waals surface area contributed by atoms with Gasteiger partial charge in [-0.25, -0.2) is 5.48 Å². The molecule has 1 amide bonds. The predicted molar refractivity (Wildman–Crippen MR) is 97.6 cm³/mol. The van der Waals surface area contributed by atoms with Gasteiger partial charge in [-0.3, -0.25) is 14.5 Å². The van der Waals surface area contributed by atoms with Crippen molar-refractivity contribution >= 4 is 5.91 Å². The lowest BCUT2D eigenvalue weighted by Gasteiger charge is -2.30. The van der Waals surface area contributed by atoms with Gasteiger partial charge in [0, 0.05) is 18.2 Å². The van der Waals surface area contributed by atoms with Crippen molar-refractivity contribution in [1.82, 2.24) is 10.4 Å². The van der Waals surface area contributed by atoms with Crippen LogP contribution in [0.15, 0.2) is 54.6 Å². The SMILES string of the molecule is NC1CCN(Cc2ccc(C(=O)NOCc3ccccc3)cc2)CC1. The van der Waals surface area contributed by atoms with Crippen LogP contribution in [0.4, 0.5) is 0 Å². The quantitative estimate of drug-likeness (QED) is 0.794. The summed E-state index contributed by atoms with van der Waals surface area (Å²) >= 11 is 0. The van der Waals surface area contributed by atoms with E-state index in [1.165, 1.54) is 5.56 Å². The molecular formula is C20H25N3O2. The molecule has 3 rings (SSSR count). The zero-order valence-corrected chi connectivity index (χ0v) is 14.4. The normalized spacial score (nSPS) is 15.9. The van der Waals surface area contributed by atoms with Crippen LogP contribution in [0.25, 0.3) is 0 Å². The Morgan fingerprint density at radius 2 is 1.72 bits per heavy atom. The second kappa shape index (κ2) is 8.76. The van der Waals surface area contributed by atoms with Crippen molar-refractivity contribution in [2.45, 2.75) is 32.0 Å². The van der Waals surface area contributed by atoms with E-state index in [2.05, 4.69) is 10.4 Å². The number of likely N-dealkylation sites (tertiary alicyclic amines) is 1. The Hall–Kier alpha value is -2.21. The van der Waals surface area contributed by atoms with Crippen molar-refractivity contribution in [2.75, 3.05) is 13.1 Å². The zero-order chi connectivity index (χ0) is 17.5. The van der Waals surface area contributed by atoms with E-state index in [-0.39, 0.29) is 5.91 Å². The summed E-state index contributed by atoms with van der Waals surface area (Å²) < 4.78 is 0. The molecule has 5 nitrogen and oxygen atoms in total. The minimum Gasteiger partial charge on any atom is -0.328 e. The third kappa shape index (κ3) is 5.39. The first-order valence-electron chi connectivity index (χ1n) is 8.73. The number of hydrogen-bond acceptors (Lipinski definition) is 4. The number of piperidine rings is 1. The smallest absolute Gasteiger partial charge is 0.274 e. The molecular weight excluding hydrogens is 314 g/mol. The molecule has 132 valence electrons. The van der Waals surface area contributed by atoms with Crippen LogP contribution in [0.1, 0.15) is 34.3 Å². The van der Waals surface area contributed by atoms with Gasteiger partial charge in [0.1, 0.15) is 0 Å². The summed E-state index contributed by atoms with van der Waals surface area (Å²) in [4.78, 5) is 19.8. The number of carbonyl (C=O) groups excluding carboxylic acids is 1. The van der Waals surface area contributed by atoms with E-state index < -0.39 is 0 Å². The van der Waals surface area contributed by atoms with E-state index in [0.717, 1.165) is 38.0 Å². The Balaban J connectivity index is 1.45. The first-order chi connectivity index (χ1) is 12.2. The molecule has 5 heteroatoms. The first-order valence-corrected chi connectivity index (χ1v) is 8.73. The number of hydroxylamine groups is 1. The van der Waals surface area contributed by atoms with Gasteiger partial charge in [0.25, 0.3) is 5.91 Å². The summed E-state index contributed by atoms with van der Waals surface area (Å²) in [6.45, 7) is 3.33. The number of benzene rings is 2. The number of nitrogens with zero attached hydrogens (tertiary/aromatic N) is 1. The van der Waals surface area contributed by atoms with E-state index >= 15 is 0 Å². The van der Waals surface area contributed by atoms with Crippen molar-refractivity contribution < 1.29 is 9.63 Å². The highest BCUT2D eigenvalue weighted by Gasteiger charge is 2.16. The fourth-order valence-electron chi connectivity index (χ4n) is 2.95. The molecule has 0 spiro atoms. The Labute approximate surface area is 148 Å². The maximum Gasteiger partial charge on any atom is 0.274 e. The number of nitrogens with one attached hydrogen (secondary N) is 1. The lowest BCUT2D eigenvalue weighted by Crippen LogP contribution is -2.39. The number of amides is 1. The maximum absolute atomic E-state index is 12.1. The lowest BCUT2D eigenvalue weighted by molar-refractivity contribution is 0.0233. The third-order valence-electron chi connectivity index (χ3n) is 4.50. The molecule has 0 aromatic heterocycles. The summed E-state index contributed by atoms with van der Waals surface area (Å²) in [5.74, 6) is -0.230. The van der Waals surface area contributed by atoms with Gasteiger partial charge in [0.05, 0.1) is 6.61 Å². The molecule has 1 heterocycles. The largest absolute Gasteiger partial charge is 0.328 e. The minimum atomic E-state index is -0.230. The number of carbonyl (C=O) groups is 1. The summed E-state index contributed by atoms with van der Waals surface area (Å²) in [7, 11) is 0. The topological polar surface area (TPSA) is 67.6 Å². The van der Waals surface area contributed by atoms with Crippen LogP contribution in [0, 0.1) is 0 Å². The van der Waals surface area contributed by atoms with Crippen molar-refractivity contribution in [3.05, 3.63) is 71.3 Å². The highest BCUT2D eigenvalue weighted by Crippen LogP contribution is 2.13. The fourth-order valence-corrected chi connectivity index (χ4v) is 2.95. The van der Waals surface area contributed by atoms with Gasteiger partial charge in [-0.2, -0.15) is 0 Å². The average Bonchev–Trinajstić information content (AvgIpc) is 2.65. The van der Waals surface area contributed by atoms with E-state index in [1.807, 2.05) is 54.6 Å². The number of rotatable bonds is 6. The van der Waals surface area contributed by atoms with Crippen LogP contribution in [-0.4, -0.2) is 29.9 Å². The van der Waals surface area contributed by atoms with Crippen molar-refractivity contribution in [1.29, 1.82) is 0 Å². The first kappa shape index (κ1) is 17.6. The molecule has 1 aliphatic rings. The van der Waals surface area contributed by atoms with Crippen LogP contribution < -0.4 is 11.2 Å². The molecule has 0 radical (unpaired) electrons. The highest BCUT2D eigenvalue weighted by molar-refractivity contribution is 5.93. The monoisotopic (exact) mass is 339 g/mol. The van der Waals surface area contributed by atoms with E-state index in [0.29, 0.717) is 18.2 Å². The van der Waals surface area contributed by atoms with Crippen molar-refractivity contribution in [3.8, 4) is 0 Å². The predicted octanol–water partition coefficient (Wildman–Crippen LogP) is 2.47. The lowest BCUT2D eigenvalue weighted by atomic mass is 10.0. The summed E-state index contributed by atoms with van der Waals surface area (Å²) in [5, 5.41) is 0. The Morgan fingerprint density at radius 1 is 1.04 bits per heavy atom. The Morgan fingerprint density at radius 3 is 2.40 bits per heavy atom. The molecule has 1 saturated heterocycles. The van der Waals surface area contributed by atoms with E-state index in [9.17, 15) is 4.79 Å².